The molecule has 2 heterocycles. The minimum Gasteiger partial charge on any atom is -0.508 e. The molecule has 68 heavy (non-hydrogen) atoms. The summed E-state index contributed by atoms with van der Waals surface area (Å²) in [6.07, 6.45) is 1.89. The molecule has 4 aliphatic rings. The molecule has 0 amide bonds. The van der Waals surface area contributed by atoms with Gasteiger partial charge in [-0.15, -0.1) is 0 Å². The van der Waals surface area contributed by atoms with Gasteiger partial charge in [0.2, 0.25) is 0 Å². The van der Waals surface area contributed by atoms with Crippen molar-refractivity contribution < 1.29 is 60.5 Å². The van der Waals surface area contributed by atoms with E-state index >= 15 is 0 Å². The van der Waals surface area contributed by atoms with E-state index in [-0.39, 0.29) is 80.1 Å². The van der Waals surface area contributed by atoms with Gasteiger partial charge in [0.15, 0.2) is 0 Å². The standard InChI is InChI=1S/C56H38O12/c57-29-9-1-25(2-10-29)35-21-39-49(43(65)23-45-51(39)53(37-17-33(61)19-41(63)47(35)37)55(67-45)27-5-13-31(59)14-6-27)50-40-22-36(26-3-11-30(58)12-4-26)48-38(18-34(62)20-42(48)64)54-52(40)46(24-44(50)66)68-56(54)28-7-15-32(60)16-8-28/h1-24,53-66H/t53-,54-,55+,56+/m1/s1. The number of hydrogen-bond donors (Lipinski definition) is 10. The maximum absolute atomic E-state index is 12.7. The van der Waals surface area contributed by atoms with E-state index < -0.39 is 24.0 Å². The highest BCUT2D eigenvalue weighted by Gasteiger charge is 2.47. The van der Waals surface area contributed by atoms with E-state index in [9.17, 15) is 51.1 Å². The summed E-state index contributed by atoms with van der Waals surface area (Å²) in [6.45, 7) is 0. The normalized spacial score (nSPS) is 18.1. The maximum Gasteiger partial charge on any atom is 0.135 e. The minimum absolute atomic E-state index is 0.00360. The zero-order valence-electron chi connectivity index (χ0n) is 35.5. The van der Waals surface area contributed by atoms with Crippen LogP contribution in [0.1, 0.15) is 90.8 Å². The fraction of sp³-hybridized carbons (Fsp3) is 0.0714. The SMILES string of the molecule is Oc1ccc(C2=Cc3c(-c4c(O)cc5c6c4C=C(c4ccc(O)cc4)c4c(O)cc(O)cc4[C@H]6[C@H](c4ccc(O)cc4)O5)c(O)cc4c3[C@@H](c3cc(O)cc(O)c32)[C@H](c2ccc(O)cc2)O4)cc1. The fourth-order valence-electron chi connectivity index (χ4n) is 10.7. The first-order chi connectivity index (χ1) is 32.8. The van der Waals surface area contributed by atoms with Gasteiger partial charge in [-0.25, -0.2) is 0 Å². The molecule has 12 heteroatoms. The van der Waals surface area contributed by atoms with E-state index in [1.54, 1.807) is 72.8 Å². The van der Waals surface area contributed by atoms with Crippen LogP contribution in [0.2, 0.25) is 0 Å². The van der Waals surface area contributed by atoms with Gasteiger partial charge in [-0.05, 0) is 128 Å². The van der Waals surface area contributed by atoms with Gasteiger partial charge in [-0.1, -0.05) is 48.5 Å². The van der Waals surface area contributed by atoms with Crippen molar-refractivity contribution in [2.75, 3.05) is 0 Å². The third-order valence-corrected chi connectivity index (χ3v) is 13.5. The summed E-state index contributed by atoms with van der Waals surface area (Å²) in [7, 11) is 0. The molecule has 8 aromatic carbocycles. The second-order valence-electron chi connectivity index (χ2n) is 17.5. The maximum atomic E-state index is 12.7. The smallest absolute Gasteiger partial charge is 0.135 e. The lowest BCUT2D eigenvalue weighted by Gasteiger charge is -2.24. The second-order valence-corrected chi connectivity index (χ2v) is 17.5. The molecular weight excluding hydrogens is 865 g/mol. The lowest BCUT2D eigenvalue weighted by Crippen LogP contribution is -2.13. The lowest BCUT2D eigenvalue weighted by atomic mass is 9.78. The van der Waals surface area contributed by atoms with Crippen LogP contribution < -0.4 is 9.47 Å². The average molecular weight is 903 g/mol. The molecule has 12 nitrogen and oxygen atoms in total. The first kappa shape index (κ1) is 40.4. The predicted molar refractivity (Wildman–Crippen MR) is 252 cm³/mol. The van der Waals surface area contributed by atoms with Crippen molar-refractivity contribution in [1.82, 2.24) is 0 Å². The van der Waals surface area contributed by atoms with Crippen LogP contribution in [-0.2, 0) is 0 Å². The molecule has 0 unspecified atom stereocenters. The summed E-state index contributed by atoms with van der Waals surface area (Å²) in [5.41, 5.74) is 7.00. The number of benzene rings is 8. The number of rotatable bonds is 5. The van der Waals surface area contributed by atoms with Crippen molar-refractivity contribution in [3.8, 4) is 80.1 Å². The third-order valence-electron chi connectivity index (χ3n) is 13.5. The van der Waals surface area contributed by atoms with Crippen molar-refractivity contribution in [3.05, 3.63) is 200 Å². The molecule has 8 aromatic rings. The molecule has 10 N–H and O–H groups in total. The van der Waals surface area contributed by atoms with Crippen LogP contribution in [0.4, 0.5) is 0 Å². The van der Waals surface area contributed by atoms with E-state index in [1.165, 1.54) is 72.8 Å². The van der Waals surface area contributed by atoms with Crippen molar-refractivity contribution >= 4 is 23.3 Å². The quantitative estimate of drug-likeness (QED) is 0.0780. The van der Waals surface area contributed by atoms with Gasteiger partial charge in [-0.3, -0.25) is 0 Å². The van der Waals surface area contributed by atoms with Crippen LogP contribution in [0, 0.1) is 0 Å². The van der Waals surface area contributed by atoms with E-state index in [2.05, 4.69) is 0 Å². The van der Waals surface area contributed by atoms with Crippen LogP contribution in [0.5, 0.6) is 69.0 Å². The highest BCUT2D eigenvalue weighted by atomic mass is 16.5. The molecule has 0 bridgehead atoms. The van der Waals surface area contributed by atoms with Crippen molar-refractivity contribution in [3.63, 3.8) is 0 Å². The van der Waals surface area contributed by atoms with Crippen LogP contribution in [-0.4, -0.2) is 51.1 Å². The Balaban J connectivity index is 1.22. The molecule has 0 aromatic heterocycles. The molecule has 0 radical (unpaired) electrons. The highest BCUT2D eigenvalue weighted by molar-refractivity contribution is 6.06. The van der Waals surface area contributed by atoms with Crippen molar-refractivity contribution in [2.24, 2.45) is 0 Å². The summed E-state index contributed by atoms with van der Waals surface area (Å²) < 4.78 is 13.5. The monoisotopic (exact) mass is 902 g/mol. The Morgan fingerprint density at radius 2 is 0.647 bits per heavy atom. The first-order valence-electron chi connectivity index (χ1n) is 21.7. The van der Waals surface area contributed by atoms with E-state index in [1.807, 2.05) is 0 Å². The minimum atomic E-state index is -0.836. The van der Waals surface area contributed by atoms with Gasteiger partial charge in [0, 0.05) is 57.6 Å². The molecule has 0 saturated heterocycles. The van der Waals surface area contributed by atoms with Gasteiger partial charge in [-0.2, -0.15) is 0 Å². The zero-order chi connectivity index (χ0) is 46.9. The number of aromatic hydroxyl groups is 10. The number of ether oxygens (including phenoxy) is 2. The fourth-order valence-corrected chi connectivity index (χ4v) is 10.7. The second kappa shape index (κ2) is 14.7. The highest BCUT2D eigenvalue weighted by Crippen LogP contribution is 2.64. The predicted octanol–water partition coefficient (Wildman–Crippen LogP) is 10.7. The van der Waals surface area contributed by atoms with Crippen LogP contribution in [0.15, 0.2) is 133 Å². The van der Waals surface area contributed by atoms with Crippen LogP contribution >= 0.6 is 0 Å². The summed E-state index contributed by atoms with van der Waals surface area (Å²) in [6, 6.07) is 34.2. The van der Waals surface area contributed by atoms with E-state index in [0.29, 0.717) is 77.9 Å². The van der Waals surface area contributed by atoms with Crippen LogP contribution in [0.25, 0.3) is 34.4 Å². The van der Waals surface area contributed by atoms with E-state index in [4.69, 9.17) is 9.47 Å². The summed E-state index contributed by atoms with van der Waals surface area (Å²) >= 11 is 0. The Morgan fingerprint density at radius 1 is 0.324 bits per heavy atom. The Labute approximate surface area is 387 Å². The number of fused-ring (bicyclic) bond motifs is 4. The molecule has 4 atom stereocenters. The molecule has 0 saturated carbocycles. The first-order valence-corrected chi connectivity index (χ1v) is 21.7. The Morgan fingerprint density at radius 3 is 1.00 bits per heavy atom. The van der Waals surface area contributed by atoms with Gasteiger partial charge in [0.1, 0.15) is 81.2 Å². The van der Waals surface area contributed by atoms with Gasteiger partial charge in [0.05, 0.1) is 11.8 Å². The van der Waals surface area contributed by atoms with Crippen LogP contribution in [0.3, 0.4) is 0 Å². The Kier molecular flexibility index (Phi) is 8.71. The largest absolute Gasteiger partial charge is 0.508 e. The molecule has 0 spiro atoms. The van der Waals surface area contributed by atoms with Gasteiger partial charge < -0.3 is 60.5 Å². The molecule has 0 fully saturated rings. The summed E-state index contributed by atoms with van der Waals surface area (Å²) in [5.74, 6) is -2.57. The number of hydrogen-bond acceptors (Lipinski definition) is 12. The summed E-state index contributed by atoms with van der Waals surface area (Å²) in [4.78, 5) is 0. The number of phenols is 10. The Hall–Kier alpha value is -9.16. The number of phenolic OH excluding ortho intramolecular Hbond substituents is 10. The van der Waals surface area contributed by atoms with Crippen molar-refractivity contribution in [2.45, 2.75) is 24.0 Å². The van der Waals surface area contributed by atoms with Gasteiger partial charge >= 0.3 is 0 Å². The van der Waals surface area contributed by atoms with Crippen molar-refractivity contribution in [1.29, 1.82) is 0 Å². The third kappa shape index (κ3) is 6.07. The topological polar surface area (TPSA) is 221 Å². The van der Waals surface area contributed by atoms with E-state index in [0.717, 1.165) is 0 Å². The average Bonchev–Trinajstić information content (AvgIpc) is 3.78. The van der Waals surface area contributed by atoms with Gasteiger partial charge in [0.25, 0.3) is 0 Å². The molecule has 334 valence electrons. The Bertz CT molecular complexity index is 3270. The molecular formula is C56H38O12. The lowest BCUT2D eigenvalue weighted by molar-refractivity contribution is 0.221. The molecule has 12 rings (SSSR count). The molecule has 2 aliphatic carbocycles. The summed E-state index contributed by atoms with van der Waals surface area (Å²) in [5, 5.41) is 113. The molecule has 2 aliphatic heterocycles. The zero-order valence-corrected chi connectivity index (χ0v) is 35.5.